The third-order valence-corrected chi connectivity index (χ3v) is 3.44. The molecule has 2 rings (SSSR count). The maximum atomic E-state index is 12.1. The first-order valence-corrected chi connectivity index (χ1v) is 6.99. The zero-order valence-corrected chi connectivity index (χ0v) is 12.3. The Morgan fingerprint density at radius 3 is 2.60 bits per heavy atom. The fourth-order valence-electron chi connectivity index (χ4n) is 2.13. The highest BCUT2D eigenvalue weighted by molar-refractivity contribution is 5.92. The predicted molar refractivity (Wildman–Crippen MR) is 76.1 cm³/mol. The van der Waals surface area contributed by atoms with Gasteiger partial charge in [0.15, 0.2) is 0 Å². The standard InChI is InChI=1S/C15H21N3O2/c1-11(2)14(19)17(3)10-12-6-4-7-13(16-12)15(20)18-8-5-9-18/h4,6-7,11H,5,8-10H2,1-3H3. The van der Waals surface area contributed by atoms with E-state index in [4.69, 9.17) is 0 Å². The van der Waals surface area contributed by atoms with Crippen molar-refractivity contribution in [3.05, 3.63) is 29.6 Å². The molecular weight excluding hydrogens is 254 g/mol. The van der Waals surface area contributed by atoms with Crippen LogP contribution < -0.4 is 0 Å². The summed E-state index contributed by atoms with van der Waals surface area (Å²) >= 11 is 0. The monoisotopic (exact) mass is 275 g/mol. The molecule has 0 N–H and O–H groups in total. The molecule has 0 atom stereocenters. The van der Waals surface area contributed by atoms with E-state index in [9.17, 15) is 9.59 Å². The molecule has 0 aromatic carbocycles. The topological polar surface area (TPSA) is 53.5 Å². The Hall–Kier alpha value is -1.91. The Morgan fingerprint density at radius 2 is 2.05 bits per heavy atom. The highest BCUT2D eigenvalue weighted by Gasteiger charge is 2.23. The molecular formula is C15H21N3O2. The Balaban J connectivity index is 2.05. The van der Waals surface area contributed by atoms with E-state index in [0.717, 1.165) is 25.2 Å². The van der Waals surface area contributed by atoms with Gasteiger partial charge in [-0.25, -0.2) is 4.98 Å². The summed E-state index contributed by atoms with van der Waals surface area (Å²) in [7, 11) is 1.76. The number of amides is 2. The summed E-state index contributed by atoms with van der Waals surface area (Å²) in [6, 6.07) is 5.40. The Morgan fingerprint density at radius 1 is 1.35 bits per heavy atom. The maximum Gasteiger partial charge on any atom is 0.272 e. The van der Waals surface area contributed by atoms with Gasteiger partial charge in [-0.05, 0) is 18.6 Å². The summed E-state index contributed by atoms with van der Waals surface area (Å²) in [6.45, 7) is 5.80. The van der Waals surface area contributed by atoms with Crippen molar-refractivity contribution in [2.75, 3.05) is 20.1 Å². The summed E-state index contributed by atoms with van der Waals surface area (Å²) in [5, 5.41) is 0. The molecule has 2 heterocycles. The van der Waals surface area contributed by atoms with Crippen molar-refractivity contribution < 1.29 is 9.59 Å². The Kier molecular flexibility index (Phi) is 4.37. The van der Waals surface area contributed by atoms with Crippen molar-refractivity contribution in [3.8, 4) is 0 Å². The highest BCUT2D eigenvalue weighted by Crippen LogP contribution is 2.12. The third-order valence-electron chi connectivity index (χ3n) is 3.44. The van der Waals surface area contributed by atoms with Crippen molar-refractivity contribution >= 4 is 11.8 Å². The van der Waals surface area contributed by atoms with Crippen LogP contribution in [0, 0.1) is 5.92 Å². The van der Waals surface area contributed by atoms with Crippen LogP contribution in [0.5, 0.6) is 0 Å². The highest BCUT2D eigenvalue weighted by atomic mass is 16.2. The van der Waals surface area contributed by atoms with Crippen LogP contribution in [-0.2, 0) is 11.3 Å². The molecule has 20 heavy (non-hydrogen) atoms. The zero-order valence-electron chi connectivity index (χ0n) is 12.3. The molecule has 5 nitrogen and oxygen atoms in total. The van der Waals surface area contributed by atoms with Gasteiger partial charge in [-0.3, -0.25) is 9.59 Å². The minimum atomic E-state index is -0.0362. The molecule has 0 bridgehead atoms. The van der Waals surface area contributed by atoms with Crippen LogP contribution >= 0.6 is 0 Å². The van der Waals surface area contributed by atoms with Gasteiger partial charge >= 0.3 is 0 Å². The van der Waals surface area contributed by atoms with Crippen LogP contribution in [0.2, 0.25) is 0 Å². The van der Waals surface area contributed by atoms with Crippen LogP contribution in [0.1, 0.15) is 36.5 Å². The number of carbonyl (C=O) groups excluding carboxylic acids is 2. The van der Waals surface area contributed by atoms with Gasteiger partial charge in [0.05, 0.1) is 12.2 Å². The fraction of sp³-hybridized carbons (Fsp3) is 0.533. The number of carbonyl (C=O) groups is 2. The van der Waals surface area contributed by atoms with Gasteiger partial charge in [0.25, 0.3) is 5.91 Å². The van der Waals surface area contributed by atoms with E-state index in [2.05, 4.69) is 4.98 Å². The molecule has 1 aromatic rings. The first kappa shape index (κ1) is 14.5. The lowest BCUT2D eigenvalue weighted by Crippen LogP contribution is -2.42. The second-order valence-electron chi connectivity index (χ2n) is 5.51. The molecule has 1 saturated heterocycles. The van der Waals surface area contributed by atoms with Crippen LogP contribution in [0.15, 0.2) is 18.2 Å². The Bertz CT molecular complexity index is 510. The average Bonchev–Trinajstić information content (AvgIpc) is 2.35. The number of likely N-dealkylation sites (tertiary alicyclic amines) is 1. The predicted octanol–water partition coefficient (Wildman–Crippen LogP) is 1.54. The summed E-state index contributed by atoms with van der Waals surface area (Å²) in [5.74, 6) is 0.0214. The molecule has 1 aliphatic heterocycles. The molecule has 2 amide bonds. The van der Waals surface area contributed by atoms with Crippen molar-refractivity contribution in [2.45, 2.75) is 26.8 Å². The largest absolute Gasteiger partial charge is 0.340 e. The van der Waals surface area contributed by atoms with Gasteiger partial charge in [0.1, 0.15) is 5.69 Å². The van der Waals surface area contributed by atoms with Crippen molar-refractivity contribution in [3.63, 3.8) is 0 Å². The smallest absolute Gasteiger partial charge is 0.272 e. The number of aromatic nitrogens is 1. The van der Waals surface area contributed by atoms with E-state index in [1.807, 2.05) is 26.0 Å². The van der Waals surface area contributed by atoms with Crippen LogP contribution in [0.25, 0.3) is 0 Å². The Labute approximate surface area is 119 Å². The zero-order chi connectivity index (χ0) is 14.7. The molecule has 1 aromatic heterocycles. The van der Waals surface area contributed by atoms with Crippen LogP contribution in [-0.4, -0.2) is 46.7 Å². The summed E-state index contributed by atoms with van der Waals surface area (Å²) < 4.78 is 0. The van der Waals surface area contributed by atoms with E-state index in [0.29, 0.717) is 12.2 Å². The summed E-state index contributed by atoms with van der Waals surface area (Å²) in [5.41, 5.74) is 1.21. The number of hydrogen-bond acceptors (Lipinski definition) is 3. The second-order valence-corrected chi connectivity index (χ2v) is 5.51. The molecule has 0 unspecified atom stereocenters. The SMILES string of the molecule is CC(C)C(=O)N(C)Cc1cccc(C(=O)N2CCC2)n1. The van der Waals surface area contributed by atoms with Gasteiger partial charge < -0.3 is 9.80 Å². The van der Waals surface area contributed by atoms with Gasteiger partial charge in [-0.15, -0.1) is 0 Å². The van der Waals surface area contributed by atoms with E-state index in [1.165, 1.54) is 0 Å². The lowest BCUT2D eigenvalue weighted by Gasteiger charge is -2.30. The van der Waals surface area contributed by atoms with Gasteiger partial charge in [-0.2, -0.15) is 0 Å². The van der Waals surface area contributed by atoms with Crippen molar-refractivity contribution in [1.29, 1.82) is 0 Å². The van der Waals surface area contributed by atoms with Gasteiger partial charge in [-0.1, -0.05) is 19.9 Å². The normalized spacial score (nSPS) is 14.1. The number of rotatable bonds is 4. The molecule has 1 aliphatic rings. The minimum Gasteiger partial charge on any atom is -0.340 e. The summed E-state index contributed by atoms with van der Waals surface area (Å²) in [6.07, 6.45) is 1.07. The second kappa shape index (κ2) is 6.03. The number of pyridine rings is 1. The molecule has 1 fully saturated rings. The van der Waals surface area contributed by atoms with E-state index < -0.39 is 0 Å². The van der Waals surface area contributed by atoms with Crippen molar-refractivity contribution in [1.82, 2.24) is 14.8 Å². The van der Waals surface area contributed by atoms with Gasteiger partial charge in [0, 0.05) is 26.1 Å². The third kappa shape index (κ3) is 3.15. The summed E-state index contributed by atoms with van der Waals surface area (Å²) in [4.78, 5) is 31.7. The lowest BCUT2D eigenvalue weighted by atomic mass is 10.1. The molecule has 5 heteroatoms. The first-order valence-electron chi connectivity index (χ1n) is 6.99. The fourth-order valence-corrected chi connectivity index (χ4v) is 2.13. The lowest BCUT2D eigenvalue weighted by molar-refractivity contribution is -0.133. The van der Waals surface area contributed by atoms with Crippen LogP contribution in [0.4, 0.5) is 0 Å². The molecule has 0 radical (unpaired) electrons. The van der Waals surface area contributed by atoms with E-state index in [-0.39, 0.29) is 17.7 Å². The van der Waals surface area contributed by atoms with Crippen molar-refractivity contribution in [2.24, 2.45) is 5.92 Å². The quantitative estimate of drug-likeness (QED) is 0.837. The number of nitrogens with zero attached hydrogens (tertiary/aromatic N) is 3. The molecule has 0 aliphatic carbocycles. The first-order chi connectivity index (χ1) is 9.49. The molecule has 108 valence electrons. The van der Waals surface area contributed by atoms with Gasteiger partial charge in [0.2, 0.25) is 5.91 Å². The number of hydrogen-bond donors (Lipinski definition) is 0. The van der Waals surface area contributed by atoms with Crippen LogP contribution in [0.3, 0.4) is 0 Å². The van der Waals surface area contributed by atoms with E-state index in [1.54, 1.807) is 22.9 Å². The average molecular weight is 275 g/mol. The minimum absolute atomic E-state index is 0.0176. The molecule has 0 saturated carbocycles. The maximum absolute atomic E-state index is 12.1. The molecule has 0 spiro atoms. The van der Waals surface area contributed by atoms with E-state index >= 15 is 0 Å².